The average Bonchev–Trinajstić information content (AvgIpc) is 3.19. The minimum atomic E-state index is -0.356. The van der Waals surface area contributed by atoms with Crippen LogP contribution in [0.5, 0.6) is 0 Å². The van der Waals surface area contributed by atoms with Gasteiger partial charge >= 0.3 is 17.8 Å². The molecule has 1 unspecified atom stereocenters. The number of nitrogens with one attached hydrogen (secondary N) is 1. The Bertz CT molecular complexity index is 1290. The number of benzene rings is 1. The molecule has 2 aromatic rings. The Morgan fingerprint density at radius 1 is 0.975 bits per heavy atom. The van der Waals surface area contributed by atoms with Crippen molar-refractivity contribution in [2.45, 2.75) is 83.5 Å². The highest BCUT2D eigenvalue weighted by molar-refractivity contribution is 5.89. The first-order valence-electron chi connectivity index (χ1n) is 14.7. The Balaban J connectivity index is 1.11. The van der Waals surface area contributed by atoms with Crippen LogP contribution in [0.3, 0.4) is 0 Å². The van der Waals surface area contributed by atoms with Crippen LogP contribution in [0.15, 0.2) is 29.1 Å². The number of para-hydroxylation sites is 2. The van der Waals surface area contributed by atoms with Gasteiger partial charge in [-0.2, -0.15) is 0 Å². The number of fused-ring (bicyclic) bond motifs is 3. The fourth-order valence-electron chi connectivity index (χ4n) is 6.78. The lowest BCUT2D eigenvalue weighted by Gasteiger charge is -2.39. The fraction of sp³-hybridized carbons (Fsp3) is 0.655. The topological polar surface area (TPSA) is 109 Å². The van der Waals surface area contributed by atoms with Crippen molar-refractivity contribution in [1.82, 2.24) is 29.2 Å². The van der Waals surface area contributed by atoms with Gasteiger partial charge in [0.25, 0.3) is 0 Å². The van der Waals surface area contributed by atoms with Crippen molar-refractivity contribution in [2.75, 3.05) is 39.3 Å². The molecule has 2 bridgehead atoms. The molecule has 0 aliphatic carbocycles. The molecule has 3 aliphatic rings. The molecule has 3 atom stereocenters. The van der Waals surface area contributed by atoms with E-state index in [1.807, 2.05) is 38.1 Å². The number of rotatable bonds is 6. The molecule has 1 aromatic carbocycles. The summed E-state index contributed by atoms with van der Waals surface area (Å²) in [6.07, 6.45) is 5.09. The molecule has 3 fully saturated rings. The number of aromatic nitrogens is 2. The average molecular weight is 555 g/mol. The molecule has 218 valence electrons. The lowest BCUT2D eigenvalue weighted by molar-refractivity contribution is -0.128. The molecule has 40 heavy (non-hydrogen) atoms. The normalized spacial score (nSPS) is 23.4. The maximum atomic E-state index is 13.3. The summed E-state index contributed by atoms with van der Waals surface area (Å²) < 4.78 is 8.51. The Morgan fingerprint density at radius 3 is 2.30 bits per heavy atom. The summed E-state index contributed by atoms with van der Waals surface area (Å²) in [4.78, 5) is 56.6. The van der Waals surface area contributed by atoms with Gasteiger partial charge in [-0.1, -0.05) is 12.1 Å². The van der Waals surface area contributed by atoms with Crippen LogP contribution in [-0.4, -0.2) is 99.3 Å². The SMILES string of the molecule is CC(=O)N1CCCN(C(=O)OCCCN2[C@@H]3CC[C@H]2CC(NC(=O)n2c(=O)n(C(C)C)c4ccccc42)C3)CC1. The Kier molecular flexibility index (Phi) is 8.48. The molecule has 0 saturated carbocycles. The Morgan fingerprint density at radius 2 is 1.62 bits per heavy atom. The minimum Gasteiger partial charge on any atom is -0.449 e. The van der Waals surface area contributed by atoms with Crippen molar-refractivity contribution < 1.29 is 19.1 Å². The first-order valence-corrected chi connectivity index (χ1v) is 14.7. The van der Waals surface area contributed by atoms with E-state index in [1.54, 1.807) is 21.3 Å². The number of hydrogen-bond acceptors (Lipinski definition) is 6. The van der Waals surface area contributed by atoms with Gasteiger partial charge in [-0.25, -0.2) is 19.0 Å². The number of hydrogen-bond donors (Lipinski definition) is 1. The lowest BCUT2D eigenvalue weighted by Crippen LogP contribution is -2.52. The van der Waals surface area contributed by atoms with Gasteiger partial charge in [0.1, 0.15) is 0 Å². The molecule has 11 nitrogen and oxygen atoms in total. The van der Waals surface area contributed by atoms with Crippen LogP contribution in [0.2, 0.25) is 0 Å². The van der Waals surface area contributed by atoms with Crippen molar-refractivity contribution in [3.63, 3.8) is 0 Å². The van der Waals surface area contributed by atoms with E-state index in [2.05, 4.69) is 10.2 Å². The largest absolute Gasteiger partial charge is 0.449 e. The summed E-state index contributed by atoms with van der Waals surface area (Å²) >= 11 is 0. The maximum Gasteiger partial charge on any atom is 0.409 e. The van der Waals surface area contributed by atoms with E-state index in [9.17, 15) is 19.2 Å². The van der Waals surface area contributed by atoms with Crippen molar-refractivity contribution in [3.8, 4) is 0 Å². The van der Waals surface area contributed by atoms with E-state index in [0.717, 1.165) is 50.6 Å². The first-order chi connectivity index (χ1) is 19.2. The van der Waals surface area contributed by atoms with Crippen LogP contribution in [0, 0.1) is 0 Å². The third-order valence-electron chi connectivity index (χ3n) is 8.70. The van der Waals surface area contributed by atoms with E-state index in [-0.39, 0.29) is 35.8 Å². The minimum absolute atomic E-state index is 0.0183. The Hall–Kier alpha value is -3.34. The van der Waals surface area contributed by atoms with Crippen molar-refractivity contribution >= 4 is 29.1 Å². The third-order valence-corrected chi connectivity index (χ3v) is 8.70. The summed E-state index contributed by atoms with van der Waals surface area (Å²) in [5.74, 6) is 0.0424. The van der Waals surface area contributed by atoms with Crippen LogP contribution in [0.4, 0.5) is 9.59 Å². The molecule has 3 amide bonds. The summed E-state index contributed by atoms with van der Waals surface area (Å²) in [6, 6.07) is 7.79. The van der Waals surface area contributed by atoms with E-state index < -0.39 is 0 Å². The third kappa shape index (κ3) is 5.75. The second kappa shape index (κ2) is 12.0. The van der Waals surface area contributed by atoms with Crippen molar-refractivity contribution in [1.29, 1.82) is 0 Å². The molecular formula is C29H42N6O5. The van der Waals surface area contributed by atoms with Crippen LogP contribution in [0.25, 0.3) is 11.0 Å². The number of ether oxygens (including phenoxy) is 1. The fourth-order valence-corrected chi connectivity index (χ4v) is 6.78. The van der Waals surface area contributed by atoms with E-state index in [4.69, 9.17) is 4.74 Å². The maximum absolute atomic E-state index is 13.3. The van der Waals surface area contributed by atoms with Gasteiger partial charge in [0.05, 0.1) is 17.6 Å². The van der Waals surface area contributed by atoms with Gasteiger partial charge in [0.2, 0.25) is 5.91 Å². The zero-order valence-electron chi connectivity index (χ0n) is 23.9. The molecular weight excluding hydrogens is 512 g/mol. The number of nitrogens with zero attached hydrogens (tertiary/aromatic N) is 5. The number of carbonyl (C=O) groups excluding carboxylic acids is 3. The number of imidazole rings is 1. The van der Waals surface area contributed by atoms with Gasteiger partial charge < -0.3 is 19.9 Å². The lowest BCUT2D eigenvalue weighted by atomic mass is 9.97. The van der Waals surface area contributed by atoms with Gasteiger partial charge in [-0.3, -0.25) is 14.3 Å². The highest BCUT2D eigenvalue weighted by Gasteiger charge is 2.41. The summed E-state index contributed by atoms with van der Waals surface area (Å²) in [6.45, 7) is 9.01. The second-order valence-electron chi connectivity index (χ2n) is 11.6. The standard InChI is InChI=1S/C29H42N6O5/c1-20(2)34-25-8-4-5-9-26(25)35(28(34)38)27(37)30-22-18-23-10-11-24(19-22)33(23)14-7-17-40-29(39)32-13-6-12-31(15-16-32)21(3)36/h4-5,8-9,20,22-24H,6-7,10-19H2,1-3H3,(H,30,37)/t22?,23-,24+. The van der Waals surface area contributed by atoms with Gasteiger partial charge in [-0.05, 0) is 64.5 Å². The summed E-state index contributed by atoms with van der Waals surface area (Å²) in [5.41, 5.74) is 1.09. The summed E-state index contributed by atoms with van der Waals surface area (Å²) in [7, 11) is 0. The smallest absolute Gasteiger partial charge is 0.409 e. The van der Waals surface area contributed by atoms with E-state index in [0.29, 0.717) is 50.4 Å². The quantitative estimate of drug-likeness (QED) is 0.550. The highest BCUT2D eigenvalue weighted by atomic mass is 16.6. The molecule has 5 rings (SSSR count). The number of carbonyl (C=O) groups is 3. The zero-order valence-corrected chi connectivity index (χ0v) is 23.9. The molecule has 11 heteroatoms. The molecule has 3 aliphatic heterocycles. The number of piperidine rings is 1. The Labute approximate surface area is 235 Å². The zero-order chi connectivity index (χ0) is 28.4. The van der Waals surface area contributed by atoms with E-state index >= 15 is 0 Å². The predicted molar refractivity (Wildman–Crippen MR) is 151 cm³/mol. The van der Waals surface area contributed by atoms with Crippen LogP contribution in [-0.2, 0) is 9.53 Å². The van der Waals surface area contributed by atoms with Crippen LogP contribution in [0.1, 0.15) is 65.3 Å². The highest BCUT2D eigenvalue weighted by Crippen LogP contribution is 2.35. The molecule has 3 saturated heterocycles. The molecule has 0 radical (unpaired) electrons. The van der Waals surface area contributed by atoms with Crippen LogP contribution < -0.4 is 11.0 Å². The van der Waals surface area contributed by atoms with Crippen molar-refractivity contribution in [3.05, 3.63) is 34.7 Å². The first kappa shape index (κ1) is 28.2. The van der Waals surface area contributed by atoms with Crippen molar-refractivity contribution in [2.24, 2.45) is 0 Å². The van der Waals surface area contributed by atoms with E-state index in [1.165, 1.54) is 4.57 Å². The van der Waals surface area contributed by atoms with Gasteiger partial charge in [0, 0.05) is 63.8 Å². The number of amides is 3. The molecule has 1 aromatic heterocycles. The van der Waals surface area contributed by atoms with Gasteiger partial charge in [-0.15, -0.1) is 0 Å². The molecule has 1 N–H and O–H groups in total. The molecule has 4 heterocycles. The summed E-state index contributed by atoms with van der Waals surface area (Å²) in [5, 5.41) is 3.16. The predicted octanol–water partition coefficient (Wildman–Crippen LogP) is 3.02. The monoisotopic (exact) mass is 554 g/mol. The molecule has 0 spiro atoms. The second-order valence-corrected chi connectivity index (χ2v) is 11.6. The van der Waals surface area contributed by atoms with Gasteiger partial charge in [0.15, 0.2) is 0 Å². The van der Waals surface area contributed by atoms with Crippen LogP contribution >= 0.6 is 0 Å².